The molecule has 0 atom stereocenters. The number of hydrogen-bond acceptors (Lipinski definition) is 5. The molecule has 4 nitrogen and oxygen atoms in total. The molecule has 0 amide bonds. The van der Waals surface area contributed by atoms with Gasteiger partial charge < -0.3 is 14.3 Å². The van der Waals surface area contributed by atoms with Crippen LogP contribution in [0.1, 0.15) is 34.6 Å². The Hall–Kier alpha value is -1.99. The molecule has 162 valence electrons. The van der Waals surface area contributed by atoms with Gasteiger partial charge in [-0.1, -0.05) is 42.5 Å². The Labute approximate surface area is 191 Å². The van der Waals surface area contributed by atoms with Crippen LogP contribution in [0.2, 0.25) is 0 Å². The van der Waals surface area contributed by atoms with Gasteiger partial charge in [0, 0.05) is 25.7 Å². The summed E-state index contributed by atoms with van der Waals surface area (Å²) in [7, 11) is 0. The maximum Gasteiger partial charge on any atom is 0.349 e. The predicted octanol–water partition coefficient (Wildman–Crippen LogP) is 4.58. The highest BCUT2D eigenvalue weighted by atomic mass is 32.1. The molecule has 6 rings (SSSR count). The molecule has 3 fully saturated rings. The van der Waals surface area contributed by atoms with Crippen molar-refractivity contribution in [3.63, 3.8) is 0 Å². The Morgan fingerprint density at radius 1 is 0.935 bits per heavy atom. The molecule has 0 saturated carbocycles. The molecule has 1 N–H and O–H groups in total. The minimum absolute atomic E-state index is 0.438. The fourth-order valence-corrected chi connectivity index (χ4v) is 6.81. The van der Waals surface area contributed by atoms with E-state index in [1.807, 2.05) is 35.0 Å². The van der Waals surface area contributed by atoms with Crippen molar-refractivity contribution in [2.24, 2.45) is 0 Å². The molecule has 0 spiro atoms. The topological polar surface area (TPSA) is 46.5 Å². The van der Waals surface area contributed by atoms with Crippen LogP contribution in [0.15, 0.2) is 65.4 Å². The average Bonchev–Trinajstić information content (AvgIpc) is 3.54. The van der Waals surface area contributed by atoms with Gasteiger partial charge >= 0.3 is 5.97 Å². The summed E-state index contributed by atoms with van der Waals surface area (Å²) in [5.41, 5.74) is -0.766. The summed E-state index contributed by atoms with van der Waals surface area (Å²) < 4.78 is 7.32. The molecular formula is C25H28NO3S2+. The molecule has 1 aromatic carbocycles. The van der Waals surface area contributed by atoms with Gasteiger partial charge in [0.25, 0.3) is 0 Å². The quantitative estimate of drug-likeness (QED) is 0.420. The maximum absolute atomic E-state index is 13.4. The molecule has 0 radical (unpaired) electrons. The van der Waals surface area contributed by atoms with Crippen molar-refractivity contribution in [1.29, 1.82) is 0 Å². The summed E-state index contributed by atoms with van der Waals surface area (Å²) in [6.45, 7) is 4.26. The molecule has 3 aromatic rings. The van der Waals surface area contributed by atoms with Crippen molar-refractivity contribution in [2.45, 2.75) is 36.9 Å². The van der Waals surface area contributed by atoms with Crippen LogP contribution in [-0.2, 0) is 21.6 Å². The molecule has 3 aliphatic heterocycles. The molecule has 2 aromatic heterocycles. The molecule has 2 bridgehead atoms. The van der Waals surface area contributed by atoms with Gasteiger partial charge in [0.05, 0.1) is 35.9 Å². The second-order valence-electron chi connectivity index (χ2n) is 8.96. The Balaban J connectivity index is 1.29. The summed E-state index contributed by atoms with van der Waals surface area (Å²) in [5, 5.41) is 15.3. The van der Waals surface area contributed by atoms with Crippen LogP contribution < -0.4 is 0 Å². The van der Waals surface area contributed by atoms with E-state index in [0.717, 1.165) is 56.3 Å². The molecule has 3 saturated heterocycles. The van der Waals surface area contributed by atoms with Gasteiger partial charge in [-0.15, -0.1) is 22.7 Å². The van der Waals surface area contributed by atoms with Crippen LogP contribution in [0.4, 0.5) is 0 Å². The number of aliphatic hydroxyl groups is 1. The summed E-state index contributed by atoms with van der Waals surface area (Å²) in [6.07, 6.45) is 3.71. The molecule has 0 aliphatic carbocycles. The summed E-state index contributed by atoms with van der Waals surface area (Å²) in [4.78, 5) is 14.7. The lowest BCUT2D eigenvalue weighted by Gasteiger charge is -2.54. The summed E-state index contributed by atoms with van der Waals surface area (Å²) >= 11 is 2.78. The molecule has 0 unspecified atom stereocenters. The first-order valence-electron chi connectivity index (χ1n) is 11.0. The van der Waals surface area contributed by atoms with E-state index in [9.17, 15) is 9.90 Å². The number of rotatable bonds is 7. The highest BCUT2D eigenvalue weighted by molar-refractivity contribution is 7.12. The van der Waals surface area contributed by atoms with E-state index in [0.29, 0.717) is 9.75 Å². The predicted molar refractivity (Wildman–Crippen MR) is 124 cm³/mol. The summed E-state index contributed by atoms with van der Waals surface area (Å²) in [6, 6.07) is 18.0. The number of piperidine rings is 3. The minimum Gasteiger partial charge on any atom is -0.456 e. The Morgan fingerprint density at radius 2 is 1.52 bits per heavy atom. The number of esters is 1. The Kier molecular flexibility index (Phi) is 5.51. The minimum atomic E-state index is -1.72. The van der Waals surface area contributed by atoms with Crippen molar-refractivity contribution in [2.75, 3.05) is 26.2 Å². The van der Waals surface area contributed by atoms with E-state index in [4.69, 9.17) is 4.74 Å². The Bertz CT molecular complexity index is 956. The first-order valence-corrected chi connectivity index (χ1v) is 12.7. The smallest absolute Gasteiger partial charge is 0.349 e. The van der Waals surface area contributed by atoms with E-state index in [1.54, 1.807) is 0 Å². The largest absolute Gasteiger partial charge is 0.456 e. The normalized spacial score (nSPS) is 25.5. The number of nitrogens with zero attached hydrogens (tertiary/aromatic N) is 1. The van der Waals surface area contributed by atoms with Gasteiger partial charge in [0.1, 0.15) is 5.60 Å². The summed E-state index contributed by atoms with van der Waals surface area (Å²) in [5.74, 6) is -0.524. The maximum atomic E-state index is 13.4. The third kappa shape index (κ3) is 3.87. The number of fused-ring (bicyclic) bond motifs is 3. The van der Waals surface area contributed by atoms with Gasteiger partial charge in [-0.2, -0.15) is 0 Å². The van der Waals surface area contributed by atoms with Crippen LogP contribution in [0.5, 0.6) is 0 Å². The Morgan fingerprint density at radius 3 is 2.03 bits per heavy atom. The lowest BCUT2D eigenvalue weighted by molar-refractivity contribution is -0.944. The number of hydrogen-bond donors (Lipinski definition) is 1. The zero-order valence-corrected chi connectivity index (χ0v) is 19.2. The SMILES string of the molecule is O=C(OC12CC[N+](CCc3ccccc3)(CC1)CC2)C(O)(c1cccs1)c1cccs1. The monoisotopic (exact) mass is 454 g/mol. The third-order valence-electron chi connectivity index (χ3n) is 7.20. The van der Waals surface area contributed by atoms with Crippen molar-refractivity contribution in [3.8, 4) is 0 Å². The lowest BCUT2D eigenvalue weighted by Crippen LogP contribution is -2.66. The molecular weight excluding hydrogens is 426 g/mol. The van der Waals surface area contributed by atoms with Crippen LogP contribution in [0.3, 0.4) is 0 Å². The number of benzene rings is 1. The highest BCUT2D eigenvalue weighted by Crippen LogP contribution is 2.43. The van der Waals surface area contributed by atoms with E-state index in [1.165, 1.54) is 28.2 Å². The number of carbonyl (C=O) groups is 1. The van der Waals surface area contributed by atoms with Gasteiger partial charge in [-0.05, 0) is 28.5 Å². The number of carbonyl (C=O) groups excluding carboxylic acids is 1. The molecule has 3 aliphatic rings. The van der Waals surface area contributed by atoms with Crippen LogP contribution in [-0.4, -0.2) is 47.3 Å². The van der Waals surface area contributed by atoms with Crippen LogP contribution in [0.25, 0.3) is 0 Å². The van der Waals surface area contributed by atoms with Crippen molar-refractivity contribution < 1.29 is 19.1 Å². The average molecular weight is 455 g/mol. The van der Waals surface area contributed by atoms with Crippen molar-refractivity contribution >= 4 is 28.6 Å². The standard InChI is InChI=1S/C25H28NO3S2/c27-23(25(28,21-8-4-18-30-21)22-9-5-19-31-22)29-24-11-15-26(16-12-24,17-13-24)14-10-20-6-2-1-3-7-20/h1-9,18-19,28H,10-17H2/q+1. The van der Waals surface area contributed by atoms with Gasteiger partial charge in [-0.3, -0.25) is 0 Å². The fourth-order valence-electron chi connectivity index (χ4n) is 5.09. The highest BCUT2D eigenvalue weighted by Gasteiger charge is 2.54. The number of quaternary nitrogens is 1. The van der Waals surface area contributed by atoms with Gasteiger partial charge in [0.2, 0.25) is 5.60 Å². The van der Waals surface area contributed by atoms with E-state index in [-0.39, 0.29) is 0 Å². The van der Waals surface area contributed by atoms with E-state index >= 15 is 0 Å². The zero-order chi connectivity index (χ0) is 21.4. The second kappa shape index (κ2) is 8.17. The van der Waals surface area contributed by atoms with Crippen LogP contribution in [0, 0.1) is 0 Å². The second-order valence-corrected chi connectivity index (χ2v) is 10.9. The van der Waals surface area contributed by atoms with Crippen LogP contribution >= 0.6 is 22.7 Å². The zero-order valence-electron chi connectivity index (χ0n) is 17.5. The molecule has 5 heterocycles. The van der Waals surface area contributed by atoms with Gasteiger partial charge in [-0.25, -0.2) is 4.79 Å². The van der Waals surface area contributed by atoms with Crippen molar-refractivity contribution in [1.82, 2.24) is 0 Å². The molecule has 6 heteroatoms. The number of ether oxygens (including phenoxy) is 1. The van der Waals surface area contributed by atoms with Gasteiger partial charge in [0.15, 0.2) is 0 Å². The van der Waals surface area contributed by atoms with E-state index in [2.05, 4.69) is 30.3 Å². The fraction of sp³-hybridized carbons (Fsp3) is 0.400. The first-order chi connectivity index (χ1) is 15.0. The van der Waals surface area contributed by atoms with Crippen molar-refractivity contribution in [3.05, 3.63) is 80.7 Å². The lowest BCUT2D eigenvalue weighted by atomic mass is 9.80. The third-order valence-corrected chi connectivity index (χ3v) is 9.16. The van der Waals surface area contributed by atoms with E-state index < -0.39 is 17.2 Å². The molecule has 31 heavy (non-hydrogen) atoms. The number of thiophene rings is 2. The first kappa shape index (κ1) is 20.9.